The van der Waals surface area contributed by atoms with Gasteiger partial charge >= 0.3 is 0 Å². The smallest absolute Gasteiger partial charge is 0.159 e. The molecule has 0 aliphatic rings. The summed E-state index contributed by atoms with van der Waals surface area (Å²) in [5.41, 5.74) is 0.631. The third-order valence-electron chi connectivity index (χ3n) is 4.55. The van der Waals surface area contributed by atoms with Gasteiger partial charge in [-0.25, -0.2) is 4.39 Å². The van der Waals surface area contributed by atoms with E-state index in [1.807, 2.05) is 6.07 Å². The number of aromatic nitrogens is 1. The van der Waals surface area contributed by atoms with Gasteiger partial charge < -0.3 is 15.0 Å². The molecule has 0 bridgehead atoms. The number of fused-ring (bicyclic) bond motifs is 1. The van der Waals surface area contributed by atoms with Gasteiger partial charge in [-0.2, -0.15) is 5.26 Å². The number of pyridine rings is 1. The van der Waals surface area contributed by atoms with E-state index in [0.29, 0.717) is 22.2 Å². The predicted octanol–water partition coefficient (Wildman–Crippen LogP) is 4.93. The Morgan fingerprint density at radius 1 is 1.45 bits per heavy atom. The summed E-state index contributed by atoms with van der Waals surface area (Å²) in [5, 5.41) is 13.0. The molecular weight excluding hydrogens is 419 g/mol. The summed E-state index contributed by atoms with van der Waals surface area (Å²) in [4.78, 5) is 18.3. The largest absolute Gasteiger partial charge is 0.494 e. The monoisotopic (exact) mass is 452 g/mol. The number of benzene rings is 2. The molecule has 3 aromatic rings. The second kappa shape index (κ2) is 10.7. The van der Waals surface area contributed by atoms with Crippen LogP contribution in [0.15, 0.2) is 48.6 Å². The Bertz CT molecular complexity index is 1510. The Kier molecular flexibility index (Phi) is 5.46. The van der Waals surface area contributed by atoms with Crippen LogP contribution in [0.5, 0.6) is 5.75 Å². The number of nitrogens with one attached hydrogen (secondary N) is 1. The maximum absolute atomic E-state index is 14.3. The van der Waals surface area contributed by atoms with E-state index in [4.69, 9.17) is 13.0 Å². The molecule has 0 unspecified atom stereocenters. The zero-order valence-corrected chi connectivity index (χ0v) is 18.8. The molecule has 0 amide bonds. The number of carbonyl (C=O) groups is 1. The lowest BCUT2D eigenvalue weighted by molar-refractivity contribution is -0.114. The molecule has 0 aliphatic carbocycles. The highest BCUT2D eigenvalue weighted by atomic mass is 19.1. The molecule has 1 aromatic heterocycles. The molecule has 2 aromatic carbocycles. The van der Waals surface area contributed by atoms with Crippen molar-refractivity contribution in [1.29, 1.82) is 5.26 Å². The number of allylic oxidation sites excluding steroid dienone is 1. The van der Waals surface area contributed by atoms with Crippen LogP contribution in [-0.2, 0) is 11.2 Å². The van der Waals surface area contributed by atoms with Crippen molar-refractivity contribution in [2.75, 3.05) is 32.5 Å². The number of ether oxygens (including phenoxy) is 1. The Morgan fingerprint density at radius 2 is 2.24 bits per heavy atom. The quantitative estimate of drug-likeness (QED) is 0.464. The Morgan fingerprint density at radius 3 is 2.94 bits per heavy atom. The first-order valence-electron chi connectivity index (χ1n) is 13.1. The van der Waals surface area contributed by atoms with Crippen LogP contribution in [0.2, 0.25) is 0 Å². The number of hydrogen-bond donors (Lipinski definition) is 1. The maximum atomic E-state index is 14.3. The molecule has 0 spiro atoms. The summed E-state index contributed by atoms with van der Waals surface area (Å²) in [5.74, 6) is -1.21. The van der Waals surface area contributed by atoms with E-state index in [1.54, 1.807) is 19.1 Å². The molecule has 0 saturated carbocycles. The van der Waals surface area contributed by atoms with E-state index in [-0.39, 0.29) is 41.6 Å². The Balaban J connectivity index is 2.19. The molecule has 0 aliphatic heterocycles. The van der Waals surface area contributed by atoms with Crippen LogP contribution in [0.1, 0.15) is 31.8 Å². The number of anilines is 2. The fraction of sp³-hybridized carbons (Fsp3) is 0.269. The molecule has 7 heteroatoms. The normalized spacial score (nSPS) is 14.5. The number of halogens is 1. The van der Waals surface area contributed by atoms with Crippen LogP contribution in [0.25, 0.3) is 10.9 Å². The number of hydrogen-bond acceptors (Lipinski definition) is 6. The summed E-state index contributed by atoms with van der Waals surface area (Å²) in [6.07, 6.45) is 1.95. The van der Waals surface area contributed by atoms with Gasteiger partial charge in [0.05, 0.1) is 28.9 Å². The molecule has 6 nitrogen and oxygen atoms in total. The molecule has 1 heterocycles. The third-order valence-corrected chi connectivity index (χ3v) is 4.55. The van der Waals surface area contributed by atoms with Gasteiger partial charge in [-0.15, -0.1) is 0 Å². The van der Waals surface area contributed by atoms with Crippen LogP contribution in [0, 0.1) is 24.1 Å². The van der Waals surface area contributed by atoms with Gasteiger partial charge in [-0.3, -0.25) is 9.78 Å². The molecule has 0 radical (unpaired) electrons. The standard InChI is InChI=1S/C26H27FN4O2/c1-5-33-25-14-24-22(13-18(25)12-21(32)7-6-10-31(3)4)26(19(15-28)16-29-24)30-20-8-9-23(27)17(2)11-20/h6-9,11,13-14,16H,5,10,12H2,1-4H3,(H,29,30)/b7-6+/i6D,8D,9D,10D2,11D. The molecule has 0 atom stereocenters. The molecule has 1 N–H and O–H groups in total. The Labute approximate surface area is 201 Å². The molecule has 170 valence electrons. The van der Waals surface area contributed by atoms with E-state index in [1.165, 1.54) is 32.1 Å². The second-order valence-corrected chi connectivity index (χ2v) is 7.32. The van der Waals surface area contributed by atoms with Crippen molar-refractivity contribution in [3.05, 3.63) is 71.1 Å². The van der Waals surface area contributed by atoms with Crippen LogP contribution in [-0.4, -0.2) is 42.9 Å². The minimum atomic E-state index is -2.16. The summed E-state index contributed by atoms with van der Waals surface area (Å²) < 4.78 is 68.3. The first kappa shape index (κ1) is 16.8. The van der Waals surface area contributed by atoms with E-state index >= 15 is 0 Å². The van der Waals surface area contributed by atoms with Gasteiger partial charge in [0.2, 0.25) is 0 Å². The first-order valence-corrected chi connectivity index (χ1v) is 10.1. The molecule has 33 heavy (non-hydrogen) atoms. The summed E-state index contributed by atoms with van der Waals surface area (Å²) in [7, 11) is 2.91. The van der Waals surface area contributed by atoms with Gasteiger partial charge in [0.1, 0.15) is 17.6 Å². The van der Waals surface area contributed by atoms with Crippen LogP contribution >= 0.6 is 0 Å². The second-order valence-electron chi connectivity index (χ2n) is 7.32. The van der Waals surface area contributed by atoms with E-state index < -0.39 is 36.2 Å². The highest BCUT2D eigenvalue weighted by Gasteiger charge is 2.16. The first-order chi connectivity index (χ1) is 18.2. The number of ketones is 1. The fourth-order valence-corrected chi connectivity index (χ4v) is 3.07. The van der Waals surface area contributed by atoms with E-state index in [9.17, 15) is 14.4 Å². The molecular formula is C26H27FN4O2. The van der Waals surface area contributed by atoms with Crippen molar-refractivity contribution in [2.24, 2.45) is 0 Å². The van der Waals surface area contributed by atoms with Crippen molar-refractivity contribution < 1.29 is 22.1 Å². The van der Waals surface area contributed by atoms with E-state index in [2.05, 4.69) is 10.3 Å². The summed E-state index contributed by atoms with van der Waals surface area (Å²) >= 11 is 0. The van der Waals surface area contributed by atoms with Crippen LogP contribution < -0.4 is 10.1 Å². The lowest BCUT2D eigenvalue weighted by atomic mass is 10.0. The number of likely N-dealkylation sites (N-methyl/N-ethyl adjacent to an activating group) is 1. The van der Waals surface area contributed by atoms with Crippen molar-refractivity contribution in [1.82, 2.24) is 9.88 Å². The van der Waals surface area contributed by atoms with Gasteiger partial charge in [-0.1, -0.05) is 6.05 Å². The topological polar surface area (TPSA) is 78.2 Å². The number of nitrogens with zero attached hydrogens (tertiary/aromatic N) is 3. The van der Waals surface area contributed by atoms with Gasteiger partial charge in [0.25, 0.3) is 0 Å². The third kappa shape index (κ3) is 5.93. The molecule has 3 rings (SSSR count). The van der Waals surface area contributed by atoms with Gasteiger partial charge in [0.15, 0.2) is 5.78 Å². The minimum Gasteiger partial charge on any atom is -0.494 e. The molecule has 0 fully saturated rings. The number of nitriles is 1. The van der Waals surface area contributed by atoms with Crippen molar-refractivity contribution in [3.63, 3.8) is 0 Å². The lowest BCUT2D eigenvalue weighted by Crippen LogP contribution is -2.11. The zero-order valence-electron chi connectivity index (χ0n) is 24.8. The van der Waals surface area contributed by atoms with Crippen LogP contribution in [0.4, 0.5) is 15.8 Å². The van der Waals surface area contributed by atoms with Gasteiger partial charge in [0, 0.05) is 44.6 Å². The zero-order chi connectivity index (χ0) is 29.2. The Hall–Kier alpha value is -3.76. The summed E-state index contributed by atoms with van der Waals surface area (Å²) in [6, 6.07) is 3.01. The predicted molar refractivity (Wildman–Crippen MR) is 128 cm³/mol. The maximum Gasteiger partial charge on any atom is 0.159 e. The number of rotatable bonds is 9. The van der Waals surface area contributed by atoms with Crippen molar-refractivity contribution in [3.8, 4) is 11.8 Å². The highest BCUT2D eigenvalue weighted by Crippen LogP contribution is 2.34. The average molecular weight is 453 g/mol. The van der Waals surface area contributed by atoms with Gasteiger partial charge in [-0.05, 0) is 63.8 Å². The molecule has 0 saturated heterocycles. The van der Waals surface area contributed by atoms with E-state index in [0.717, 1.165) is 6.08 Å². The minimum absolute atomic E-state index is 0.0452. The van der Waals surface area contributed by atoms with Crippen molar-refractivity contribution in [2.45, 2.75) is 20.3 Å². The SMILES string of the molecule is [2H]/C(=C\C(=O)Cc1cc2c(Nc3c([2H])c([2H])c(F)c(C)c3[2H])c(C#N)cnc2cc1OCC)C([2H])([2H])N(C)C. The summed E-state index contributed by atoms with van der Waals surface area (Å²) in [6.45, 7) is 1.18. The van der Waals surface area contributed by atoms with Crippen LogP contribution in [0.3, 0.4) is 0 Å². The number of carbonyl (C=O) groups excluding carboxylic acids is 1. The van der Waals surface area contributed by atoms with Crippen molar-refractivity contribution >= 4 is 28.1 Å². The average Bonchev–Trinajstić information content (AvgIpc) is 2.89. The highest BCUT2D eigenvalue weighted by molar-refractivity contribution is 5.98. The fourth-order valence-electron chi connectivity index (χ4n) is 3.07. The lowest BCUT2D eigenvalue weighted by Gasteiger charge is -2.15.